The highest BCUT2D eigenvalue weighted by molar-refractivity contribution is 4.82. The molecule has 0 aromatic rings. The van der Waals surface area contributed by atoms with Gasteiger partial charge in [-0.2, -0.15) is 0 Å². The Morgan fingerprint density at radius 1 is 1.18 bits per heavy atom. The van der Waals surface area contributed by atoms with Gasteiger partial charge in [0, 0.05) is 12.1 Å². The minimum atomic E-state index is 0.795. The van der Waals surface area contributed by atoms with E-state index in [9.17, 15) is 0 Å². The Bertz CT molecular complexity index is 122. The van der Waals surface area contributed by atoms with Crippen LogP contribution in [0.25, 0.3) is 0 Å². The summed E-state index contributed by atoms with van der Waals surface area (Å²) >= 11 is 0. The molecule has 0 saturated carbocycles. The van der Waals surface area contributed by atoms with E-state index in [4.69, 9.17) is 0 Å². The van der Waals surface area contributed by atoms with E-state index in [1.165, 1.54) is 19.4 Å². The summed E-state index contributed by atoms with van der Waals surface area (Å²) in [4.78, 5) is 2.62. The molecule has 0 N–H and O–H groups in total. The summed E-state index contributed by atoms with van der Waals surface area (Å²) in [5, 5.41) is 0. The summed E-state index contributed by atoms with van der Waals surface area (Å²) in [6.07, 6.45) is 2.80. The van der Waals surface area contributed by atoms with Gasteiger partial charge in [0.25, 0.3) is 0 Å². The third-order valence-corrected chi connectivity index (χ3v) is 3.32. The molecule has 0 amide bonds. The van der Waals surface area contributed by atoms with Gasteiger partial charge in [-0.3, -0.25) is 4.90 Å². The van der Waals surface area contributed by atoms with Crippen LogP contribution < -0.4 is 0 Å². The predicted octanol–water partition coefficient (Wildman–Crippen LogP) is 2.52. The van der Waals surface area contributed by atoms with Gasteiger partial charge in [0.05, 0.1) is 0 Å². The van der Waals surface area contributed by atoms with Crippen LogP contribution in [0.1, 0.15) is 40.5 Å². The van der Waals surface area contributed by atoms with Crippen molar-refractivity contribution >= 4 is 0 Å². The van der Waals surface area contributed by atoms with Crippen LogP contribution in [0.4, 0.5) is 0 Å². The van der Waals surface area contributed by atoms with Crippen molar-refractivity contribution in [3.8, 4) is 0 Å². The molecule has 1 aliphatic rings. The molecule has 3 unspecified atom stereocenters. The second-order valence-corrected chi connectivity index (χ2v) is 3.97. The summed E-state index contributed by atoms with van der Waals surface area (Å²) in [5.74, 6) is 0.895. The molecule has 0 radical (unpaired) electrons. The third-order valence-electron chi connectivity index (χ3n) is 3.32. The molecule has 11 heavy (non-hydrogen) atoms. The van der Waals surface area contributed by atoms with Crippen LogP contribution in [0.3, 0.4) is 0 Å². The fraction of sp³-hybridized carbons (Fsp3) is 1.00. The smallest absolute Gasteiger partial charge is 0.00952 e. The predicted molar refractivity (Wildman–Crippen MR) is 49.7 cm³/mol. The number of piperidine rings is 1. The van der Waals surface area contributed by atoms with Gasteiger partial charge in [-0.1, -0.05) is 13.8 Å². The molecule has 66 valence electrons. The number of nitrogens with zero attached hydrogens (tertiary/aromatic N) is 1. The lowest BCUT2D eigenvalue weighted by Gasteiger charge is -2.42. The van der Waals surface area contributed by atoms with Gasteiger partial charge in [-0.05, 0) is 39.2 Å². The number of hydrogen-bond acceptors (Lipinski definition) is 1. The molecule has 0 aliphatic carbocycles. The zero-order chi connectivity index (χ0) is 8.43. The van der Waals surface area contributed by atoms with Crippen LogP contribution in [0.15, 0.2) is 0 Å². The first-order valence-electron chi connectivity index (χ1n) is 4.92. The van der Waals surface area contributed by atoms with Gasteiger partial charge >= 0.3 is 0 Å². The average Bonchev–Trinajstić information content (AvgIpc) is 1.99. The maximum atomic E-state index is 2.62. The molecule has 1 saturated heterocycles. The molecule has 1 heteroatoms. The molecule has 1 nitrogen and oxygen atoms in total. The van der Waals surface area contributed by atoms with Gasteiger partial charge in [-0.15, -0.1) is 0 Å². The van der Waals surface area contributed by atoms with Crippen molar-refractivity contribution in [2.24, 2.45) is 5.92 Å². The second kappa shape index (κ2) is 3.57. The Hall–Kier alpha value is -0.0400. The van der Waals surface area contributed by atoms with Crippen molar-refractivity contribution in [3.05, 3.63) is 0 Å². The molecular weight excluding hydrogens is 134 g/mol. The molecule has 1 heterocycles. The summed E-state index contributed by atoms with van der Waals surface area (Å²) in [6, 6.07) is 1.61. The summed E-state index contributed by atoms with van der Waals surface area (Å²) in [5.41, 5.74) is 0. The summed E-state index contributed by atoms with van der Waals surface area (Å²) < 4.78 is 0. The maximum Gasteiger partial charge on any atom is 0.00952 e. The van der Waals surface area contributed by atoms with Crippen molar-refractivity contribution in [2.45, 2.75) is 52.6 Å². The van der Waals surface area contributed by atoms with Crippen molar-refractivity contribution in [1.82, 2.24) is 4.90 Å². The summed E-state index contributed by atoms with van der Waals surface area (Å²) in [7, 11) is 0. The minimum absolute atomic E-state index is 0.795. The molecule has 1 rings (SSSR count). The first-order valence-corrected chi connectivity index (χ1v) is 4.92. The first-order chi connectivity index (χ1) is 5.16. The van der Waals surface area contributed by atoms with E-state index in [1.54, 1.807) is 0 Å². The van der Waals surface area contributed by atoms with Crippen LogP contribution in [0, 0.1) is 5.92 Å². The standard InChI is InChI=1S/C10H21N/c1-5-11-9(3)7-6-8(2)10(11)4/h8-10H,5-7H2,1-4H3. The van der Waals surface area contributed by atoms with Crippen molar-refractivity contribution in [2.75, 3.05) is 6.54 Å². The highest BCUT2D eigenvalue weighted by atomic mass is 15.2. The molecule has 1 fully saturated rings. The summed E-state index contributed by atoms with van der Waals surface area (Å²) in [6.45, 7) is 10.6. The highest BCUT2D eigenvalue weighted by Crippen LogP contribution is 2.26. The largest absolute Gasteiger partial charge is 0.298 e. The zero-order valence-electron chi connectivity index (χ0n) is 8.30. The van der Waals surface area contributed by atoms with E-state index in [-0.39, 0.29) is 0 Å². The average molecular weight is 155 g/mol. The lowest BCUT2D eigenvalue weighted by molar-refractivity contribution is 0.0705. The van der Waals surface area contributed by atoms with Crippen LogP contribution >= 0.6 is 0 Å². The Morgan fingerprint density at radius 3 is 2.27 bits per heavy atom. The Morgan fingerprint density at radius 2 is 1.82 bits per heavy atom. The molecule has 0 bridgehead atoms. The normalized spacial score (nSPS) is 40.9. The van der Waals surface area contributed by atoms with Crippen LogP contribution in [-0.2, 0) is 0 Å². The fourth-order valence-electron chi connectivity index (χ4n) is 2.24. The van der Waals surface area contributed by atoms with Gasteiger partial charge in [0.15, 0.2) is 0 Å². The van der Waals surface area contributed by atoms with E-state index in [2.05, 4.69) is 32.6 Å². The first kappa shape index (κ1) is 9.05. The van der Waals surface area contributed by atoms with E-state index in [1.807, 2.05) is 0 Å². The van der Waals surface area contributed by atoms with Crippen molar-refractivity contribution < 1.29 is 0 Å². The number of hydrogen-bond donors (Lipinski definition) is 0. The highest BCUT2D eigenvalue weighted by Gasteiger charge is 2.27. The molecule has 1 aliphatic heterocycles. The number of rotatable bonds is 1. The Kier molecular flexibility index (Phi) is 2.94. The van der Waals surface area contributed by atoms with Gasteiger partial charge in [0.2, 0.25) is 0 Å². The molecule has 3 atom stereocenters. The lowest BCUT2D eigenvalue weighted by Crippen LogP contribution is -2.47. The molecule has 0 aromatic carbocycles. The van der Waals surface area contributed by atoms with Gasteiger partial charge in [-0.25, -0.2) is 0 Å². The van der Waals surface area contributed by atoms with Crippen LogP contribution in [0.2, 0.25) is 0 Å². The minimum Gasteiger partial charge on any atom is -0.298 e. The SMILES string of the molecule is CCN1C(C)CCC(C)C1C. The van der Waals surface area contributed by atoms with Crippen LogP contribution in [-0.4, -0.2) is 23.5 Å². The molecule has 0 spiro atoms. The van der Waals surface area contributed by atoms with Gasteiger partial charge < -0.3 is 0 Å². The maximum absolute atomic E-state index is 2.62. The quantitative estimate of drug-likeness (QED) is 0.562. The van der Waals surface area contributed by atoms with E-state index in [0.717, 1.165) is 18.0 Å². The monoisotopic (exact) mass is 155 g/mol. The third kappa shape index (κ3) is 1.76. The molecular formula is C10H21N. The molecule has 0 aromatic heterocycles. The fourth-order valence-corrected chi connectivity index (χ4v) is 2.24. The second-order valence-electron chi connectivity index (χ2n) is 3.97. The van der Waals surface area contributed by atoms with Crippen LogP contribution in [0.5, 0.6) is 0 Å². The van der Waals surface area contributed by atoms with Crippen molar-refractivity contribution in [3.63, 3.8) is 0 Å². The number of likely N-dealkylation sites (tertiary alicyclic amines) is 1. The topological polar surface area (TPSA) is 3.24 Å². The lowest BCUT2D eigenvalue weighted by atomic mass is 9.88. The zero-order valence-corrected chi connectivity index (χ0v) is 8.30. The van der Waals surface area contributed by atoms with Gasteiger partial charge in [0.1, 0.15) is 0 Å². The Balaban J connectivity index is 2.55. The van der Waals surface area contributed by atoms with Crippen molar-refractivity contribution in [1.29, 1.82) is 0 Å². The Labute approximate surface area is 70.8 Å². The van der Waals surface area contributed by atoms with E-state index < -0.39 is 0 Å². The van der Waals surface area contributed by atoms with E-state index >= 15 is 0 Å². The van der Waals surface area contributed by atoms with E-state index in [0.29, 0.717) is 0 Å².